The molecule has 0 bridgehead atoms. The van der Waals surface area contributed by atoms with Crippen LogP contribution in [-0.4, -0.2) is 20.2 Å². The highest BCUT2D eigenvalue weighted by atomic mass is 16.5. The number of hydrogen-bond donors (Lipinski definition) is 0. The summed E-state index contributed by atoms with van der Waals surface area (Å²) < 4.78 is 5.26. The smallest absolute Gasteiger partial charge is 0.119 e. The molecule has 1 aliphatic heterocycles. The van der Waals surface area contributed by atoms with Crippen LogP contribution in [0.3, 0.4) is 0 Å². The Morgan fingerprint density at radius 2 is 1.72 bits per heavy atom. The van der Waals surface area contributed by atoms with E-state index in [0.29, 0.717) is 5.92 Å². The SMILES string of the molecule is COc1ccc2cc(C3CC[N]CC3)ccc2c1. The molecule has 93 valence electrons. The molecule has 2 nitrogen and oxygen atoms in total. The summed E-state index contributed by atoms with van der Waals surface area (Å²) in [7, 11) is 1.71. The zero-order chi connectivity index (χ0) is 12.4. The van der Waals surface area contributed by atoms with Gasteiger partial charge in [-0.2, -0.15) is 0 Å². The third-order valence-electron chi connectivity index (χ3n) is 3.81. The van der Waals surface area contributed by atoms with E-state index >= 15 is 0 Å². The minimum atomic E-state index is 0.689. The molecule has 0 spiro atoms. The van der Waals surface area contributed by atoms with Gasteiger partial charge >= 0.3 is 0 Å². The van der Waals surface area contributed by atoms with Crippen LogP contribution >= 0.6 is 0 Å². The number of benzene rings is 2. The minimum Gasteiger partial charge on any atom is -0.497 e. The Hall–Kier alpha value is -1.54. The normalized spacial score (nSPS) is 16.9. The average Bonchev–Trinajstić information content (AvgIpc) is 2.47. The Morgan fingerprint density at radius 1 is 1.00 bits per heavy atom. The first-order valence-electron chi connectivity index (χ1n) is 6.58. The first-order chi connectivity index (χ1) is 8.86. The van der Waals surface area contributed by atoms with Crippen LogP contribution in [0.25, 0.3) is 10.8 Å². The second-order valence-corrected chi connectivity index (χ2v) is 4.92. The third kappa shape index (κ3) is 2.21. The molecule has 18 heavy (non-hydrogen) atoms. The Balaban J connectivity index is 1.95. The highest BCUT2D eigenvalue weighted by Crippen LogP contribution is 2.29. The van der Waals surface area contributed by atoms with Gasteiger partial charge < -0.3 is 4.74 Å². The summed E-state index contributed by atoms with van der Waals surface area (Å²) in [6.45, 7) is 2.04. The lowest BCUT2D eigenvalue weighted by atomic mass is 9.89. The molecule has 2 aromatic rings. The molecule has 1 heterocycles. The van der Waals surface area contributed by atoms with E-state index in [4.69, 9.17) is 4.74 Å². The summed E-state index contributed by atoms with van der Waals surface area (Å²) in [6.07, 6.45) is 2.39. The van der Waals surface area contributed by atoms with E-state index in [1.54, 1.807) is 7.11 Å². The summed E-state index contributed by atoms with van der Waals surface area (Å²) >= 11 is 0. The van der Waals surface area contributed by atoms with Gasteiger partial charge in [-0.05, 0) is 47.2 Å². The van der Waals surface area contributed by atoms with E-state index in [0.717, 1.165) is 18.8 Å². The molecule has 0 aliphatic carbocycles. The van der Waals surface area contributed by atoms with Gasteiger partial charge in [0.25, 0.3) is 0 Å². The summed E-state index contributed by atoms with van der Waals surface area (Å²) in [6, 6.07) is 13.1. The number of methoxy groups -OCH3 is 1. The fourth-order valence-electron chi connectivity index (χ4n) is 2.71. The molecule has 3 rings (SSSR count). The molecular weight excluding hydrogens is 222 g/mol. The van der Waals surface area contributed by atoms with Crippen molar-refractivity contribution in [2.75, 3.05) is 20.2 Å². The van der Waals surface area contributed by atoms with Crippen LogP contribution in [0.4, 0.5) is 0 Å². The van der Waals surface area contributed by atoms with Crippen LogP contribution in [0.1, 0.15) is 24.3 Å². The average molecular weight is 240 g/mol. The molecule has 2 heteroatoms. The first-order valence-corrected chi connectivity index (χ1v) is 6.58. The van der Waals surface area contributed by atoms with Gasteiger partial charge in [-0.15, -0.1) is 0 Å². The molecule has 1 fully saturated rings. The predicted molar refractivity (Wildman–Crippen MR) is 74.3 cm³/mol. The van der Waals surface area contributed by atoms with E-state index < -0.39 is 0 Å². The molecule has 1 radical (unpaired) electrons. The zero-order valence-corrected chi connectivity index (χ0v) is 10.7. The number of piperidine rings is 1. The molecule has 0 aromatic heterocycles. The van der Waals surface area contributed by atoms with Crippen molar-refractivity contribution in [2.24, 2.45) is 0 Å². The minimum absolute atomic E-state index is 0.689. The van der Waals surface area contributed by atoms with E-state index in [1.807, 2.05) is 6.07 Å². The number of ether oxygens (including phenoxy) is 1. The van der Waals surface area contributed by atoms with Crippen molar-refractivity contribution in [3.8, 4) is 5.75 Å². The second-order valence-electron chi connectivity index (χ2n) is 4.92. The Kier molecular flexibility index (Phi) is 3.20. The van der Waals surface area contributed by atoms with Gasteiger partial charge in [0.2, 0.25) is 0 Å². The molecule has 1 aliphatic rings. The molecule has 0 amide bonds. The molecule has 0 unspecified atom stereocenters. The van der Waals surface area contributed by atoms with E-state index in [-0.39, 0.29) is 0 Å². The van der Waals surface area contributed by atoms with Crippen molar-refractivity contribution < 1.29 is 4.74 Å². The number of fused-ring (bicyclic) bond motifs is 1. The number of hydrogen-bond acceptors (Lipinski definition) is 1. The van der Waals surface area contributed by atoms with Crippen molar-refractivity contribution in [3.63, 3.8) is 0 Å². The standard InChI is InChI=1S/C16H18NO/c1-18-16-5-4-14-10-13(2-3-15(14)11-16)12-6-8-17-9-7-12/h2-5,10-12H,6-9H2,1H3. The Labute approximate surface area is 108 Å². The lowest BCUT2D eigenvalue weighted by molar-refractivity contribution is 0.415. The van der Waals surface area contributed by atoms with Crippen molar-refractivity contribution in [2.45, 2.75) is 18.8 Å². The highest BCUT2D eigenvalue weighted by Gasteiger charge is 2.15. The largest absolute Gasteiger partial charge is 0.497 e. The first kappa shape index (κ1) is 11.5. The van der Waals surface area contributed by atoms with E-state index in [2.05, 4.69) is 35.6 Å². The van der Waals surface area contributed by atoms with Crippen molar-refractivity contribution in [3.05, 3.63) is 42.0 Å². The number of nitrogens with zero attached hydrogens (tertiary/aromatic N) is 1. The van der Waals surface area contributed by atoms with Gasteiger partial charge in [0, 0.05) is 13.1 Å². The zero-order valence-electron chi connectivity index (χ0n) is 10.7. The second kappa shape index (κ2) is 4.99. The number of rotatable bonds is 2. The summed E-state index contributed by atoms with van der Waals surface area (Å²) in [4.78, 5) is 0. The molecule has 0 saturated carbocycles. The maximum atomic E-state index is 5.26. The van der Waals surface area contributed by atoms with Crippen molar-refractivity contribution in [1.82, 2.24) is 5.32 Å². The molecule has 1 saturated heterocycles. The van der Waals surface area contributed by atoms with Crippen LogP contribution in [0.15, 0.2) is 36.4 Å². The van der Waals surface area contributed by atoms with Gasteiger partial charge in [-0.3, -0.25) is 0 Å². The van der Waals surface area contributed by atoms with Gasteiger partial charge in [0.1, 0.15) is 5.75 Å². The van der Waals surface area contributed by atoms with Crippen LogP contribution in [0, 0.1) is 0 Å². The fourth-order valence-corrected chi connectivity index (χ4v) is 2.71. The van der Waals surface area contributed by atoms with Crippen LogP contribution in [0.5, 0.6) is 5.75 Å². The predicted octanol–water partition coefficient (Wildman–Crippen LogP) is 3.33. The Bertz CT molecular complexity index is 544. The van der Waals surface area contributed by atoms with Crippen molar-refractivity contribution in [1.29, 1.82) is 0 Å². The molecule has 0 N–H and O–H groups in total. The van der Waals surface area contributed by atoms with Gasteiger partial charge in [-0.25, -0.2) is 5.32 Å². The summed E-state index contributed by atoms with van der Waals surface area (Å²) in [5.74, 6) is 1.61. The highest BCUT2D eigenvalue weighted by molar-refractivity contribution is 5.84. The van der Waals surface area contributed by atoms with Crippen LogP contribution in [-0.2, 0) is 0 Å². The Morgan fingerprint density at radius 3 is 2.50 bits per heavy atom. The maximum absolute atomic E-state index is 5.26. The monoisotopic (exact) mass is 240 g/mol. The molecular formula is C16H18NO. The molecule has 0 atom stereocenters. The molecule has 2 aromatic carbocycles. The lowest BCUT2D eigenvalue weighted by Crippen LogP contribution is -2.20. The summed E-state index contributed by atoms with van der Waals surface area (Å²) in [5, 5.41) is 6.97. The van der Waals surface area contributed by atoms with Crippen LogP contribution < -0.4 is 10.1 Å². The van der Waals surface area contributed by atoms with Crippen LogP contribution in [0.2, 0.25) is 0 Å². The van der Waals surface area contributed by atoms with E-state index in [9.17, 15) is 0 Å². The summed E-state index contributed by atoms with van der Waals surface area (Å²) in [5.41, 5.74) is 1.46. The van der Waals surface area contributed by atoms with E-state index in [1.165, 1.54) is 29.2 Å². The van der Waals surface area contributed by atoms with Gasteiger partial charge in [0.05, 0.1) is 7.11 Å². The lowest BCUT2D eigenvalue weighted by Gasteiger charge is -2.22. The van der Waals surface area contributed by atoms with Gasteiger partial charge in [0.15, 0.2) is 0 Å². The quantitative estimate of drug-likeness (QED) is 0.789. The van der Waals surface area contributed by atoms with Gasteiger partial charge in [-0.1, -0.05) is 24.3 Å². The maximum Gasteiger partial charge on any atom is 0.119 e. The van der Waals surface area contributed by atoms with Crippen molar-refractivity contribution >= 4 is 10.8 Å². The topological polar surface area (TPSA) is 23.3 Å². The third-order valence-corrected chi connectivity index (χ3v) is 3.81. The fraction of sp³-hybridized carbons (Fsp3) is 0.375.